The fourth-order valence-corrected chi connectivity index (χ4v) is 4.15. The van der Waals surface area contributed by atoms with Gasteiger partial charge in [-0.05, 0) is 35.5 Å². The van der Waals surface area contributed by atoms with Gasteiger partial charge in [-0.3, -0.25) is 0 Å². The molecule has 0 aromatic carbocycles. The van der Waals surface area contributed by atoms with Gasteiger partial charge in [0, 0.05) is 0 Å². The van der Waals surface area contributed by atoms with E-state index in [9.17, 15) is 5.11 Å². The second-order valence-electron chi connectivity index (χ2n) is 4.97. The first-order chi connectivity index (χ1) is 4.59. The molecule has 1 N–H and O–H groups in total. The maximum Gasteiger partial charge on any atom is 0.0607 e. The van der Waals surface area contributed by atoms with E-state index < -0.39 is 0 Å². The van der Waals surface area contributed by atoms with E-state index >= 15 is 0 Å². The van der Waals surface area contributed by atoms with E-state index in [2.05, 4.69) is 13.8 Å². The molecular formula is C9H14O. The van der Waals surface area contributed by atoms with Gasteiger partial charge in [0.2, 0.25) is 0 Å². The van der Waals surface area contributed by atoms with E-state index in [1.54, 1.807) is 0 Å². The molecule has 4 bridgehead atoms. The minimum absolute atomic E-state index is 0.0648. The van der Waals surface area contributed by atoms with Gasteiger partial charge in [-0.1, -0.05) is 13.8 Å². The molecule has 4 rings (SSSR count). The molecule has 0 aliphatic heterocycles. The predicted molar refractivity (Wildman–Crippen MR) is 38.4 cm³/mol. The topological polar surface area (TPSA) is 20.2 Å². The quantitative estimate of drug-likeness (QED) is 0.536. The molecule has 0 radical (unpaired) electrons. The molecule has 1 nitrogen and oxygen atoms in total. The average molecular weight is 138 g/mol. The van der Waals surface area contributed by atoms with Crippen LogP contribution in [0.2, 0.25) is 0 Å². The van der Waals surface area contributed by atoms with Gasteiger partial charge in [-0.25, -0.2) is 0 Å². The lowest BCUT2D eigenvalue weighted by Gasteiger charge is -2.03. The summed E-state index contributed by atoms with van der Waals surface area (Å²) < 4.78 is 0. The van der Waals surface area contributed by atoms with Crippen LogP contribution in [0.4, 0.5) is 0 Å². The zero-order valence-corrected chi connectivity index (χ0v) is 6.59. The van der Waals surface area contributed by atoms with Crippen molar-refractivity contribution >= 4 is 0 Å². The molecule has 3 unspecified atom stereocenters. The Morgan fingerprint density at radius 2 is 1.70 bits per heavy atom. The smallest absolute Gasteiger partial charge is 0.0607 e. The van der Waals surface area contributed by atoms with E-state index in [0.717, 1.165) is 0 Å². The number of hydrogen-bond acceptors (Lipinski definition) is 1. The SMILES string of the molecule is CC12CC3CC1(C)C2C3O. The fraction of sp³-hybridized carbons (Fsp3) is 1.00. The first-order valence-corrected chi connectivity index (χ1v) is 4.28. The Morgan fingerprint density at radius 3 is 1.80 bits per heavy atom. The Morgan fingerprint density at radius 1 is 1.20 bits per heavy atom. The summed E-state index contributed by atoms with van der Waals surface area (Å²) in [6.45, 7) is 4.71. The molecule has 3 atom stereocenters. The summed E-state index contributed by atoms with van der Waals surface area (Å²) in [6, 6.07) is 0. The van der Waals surface area contributed by atoms with Gasteiger partial charge in [-0.15, -0.1) is 0 Å². The van der Waals surface area contributed by atoms with Crippen molar-refractivity contribution in [1.29, 1.82) is 0 Å². The van der Waals surface area contributed by atoms with Gasteiger partial charge in [0.05, 0.1) is 6.10 Å². The van der Waals surface area contributed by atoms with Crippen molar-refractivity contribution in [2.24, 2.45) is 22.7 Å². The van der Waals surface area contributed by atoms with Crippen LogP contribution in [0.3, 0.4) is 0 Å². The first-order valence-electron chi connectivity index (χ1n) is 4.28. The highest BCUT2D eigenvalue weighted by atomic mass is 16.3. The van der Waals surface area contributed by atoms with Crippen LogP contribution in [0.1, 0.15) is 26.7 Å². The minimum Gasteiger partial charge on any atom is -0.393 e. The van der Waals surface area contributed by atoms with Crippen LogP contribution in [0.25, 0.3) is 0 Å². The van der Waals surface area contributed by atoms with Crippen molar-refractivity contribution in [3.63, 3.8) is 0 Å². The van der Waals surface area contributed by atoms with Crippen LogP contribution < -0.4 is 0 Å². The van der Waals surface area contributed by atoms with Gasteiger partial charge in [0.25, 0.3) is 0 Å². The Bertz CT molecular complexity index is 195. The highest BCUT2D eigenvalue weighted by molar-refractivity contribution is 5.31. The average Bonchev–Trinajstić information content (AvgIpc) is 2.18. The molecule has 0 amide bonds. The van der Waals surface area contributed by atoms with E-state index in [1.807, 2.05) is 0 Å². The molecule has 0 heterocycles. The van der Waals surface area contributed by atoms with Gasteiger partial charge < -0.3 is 5.11 Å². The van der Waals surface area contributed by atoms with Gasteiger partial charge in [0.1, 0.15) is 0 Å². The Kier molecular flexibility index (Phi) is 0.602. The summed E-state index contributed by atoms with van der Waals surface area (Å²) in [6.07, 6.45) is 2.67. The van der Waals surface area contributed by atoms with Gasteiger partial charge >= 0.3 is 0 Å². The third-order valence-electron chi connectivity index (χ3n) is 4.79. The van der Waals surface area contributed by atoms with Crippen LogP contribution in [0.15, 0.2) is 0 Å². The molecule has 1 heteroatoms. The van der Waals surface area contributed by atoms with Crippen LogP contribution in [0, 0.1) is 22.7 Å². The highest BCUT2D eigenvalue weighted by Gasteiger charge is 2.83. The summed E-state index contributed by atoms with van der Waals surface area (Å²) >= 11 is 0. The summed E-state index contributed by atoms with van der Waals surface area (Å²) in [4.78, 5) is 0. The van der Waals surface area contributed by atoms with Gasteiger partial charge in [0.15, 0.2) is 0 Å². The highest BCUT2D eigenvalue weighted by Crippen LogP contribution is 2.86. The molecule has 0 spiro atoms. The van der Waals surface area contributed by atoms with E-state index in [-0.39, 0.29) is 6.10 Å². The number of hydrogen-bond donors (Lipinski definition) is 1. The van der Waals surface area contributed by atoms with Crippen molar-refractivity contribution < 1.29 is 5.11 Å². The third-order valence-corrected chi connectivity index (χ3v) is 4.79. The second-order valence-corrected chi connectivity index (χ2v) is 4.97. The summed E-state index contributed by atoms with van der Waals surface area (Å²) in [7, 11) is 0. The number of rotatable bonds is 0. The Labute approximate surface area is 61.4 Å². The molecule has 4 aliphatic rings. The normalized spacial score (nSPS) is 76.5. The molecule has 4 aliphatic carbocycles. The van der Waals surface area contributed by atoms with E-state index in [1.165, 1.54) is 12.8 Å². The zero-order chi connectivity index (χ0) is 7.15. The second kappa shape index (κ2) is 1.08. The number of aliphatic hydroxyl groups excluding tert-OH is 1. The minimum atomic E-state index is 0.0648. The first kappa shape index (κ1) is 5.59. The number of aliphatic hydroxyl groups is 1. The molecule has 4 saturated carbocycles. The van der Waals surface area contributed by atoms with Crippen LogP contribution in [-0.4, -0.2) is 11.2 Å². The van der Waals surface area contributed by atoms with Crippen molar-refractivity contribution in [3.05, 3.63) is 0 Å². The standard InChI is InChI=1S/C9H14O/c1-8-3-5-4-9(8,2)7(8)6(5)10/h5-7,10H,3-4H2,1-2H3. The van der Waals surface area contributed by atoms with Crippen molar-refractivity contribution in [3.8, 4) is 0 Å². The molecule has 0 aromatic heterocycles. The maximum atomic E-state index is 9.68. The summed E-state index contributed by atoms with van der Waals surface area (Å²) in [5.41, 5.74) is 1.11. The van der Waals surface area contributed by atoms with Crippen molar-refractivity contribution in [1.82, 2.24) is 0 Å². The van der Waals surface area contributed by atoms with Crippen LogP contribution >= 0.6 is 0 Å². The zero-order valence-electron chi connectivity index (χ0n) is 6.59. The predicted octanol–water partition coefficient (Wildman–Crippen LogP) is 1.41. The van der Waals surface area contributed by atoms with E-state index in [0.29, 0.717) is 22.7 Å². The molecule has 0 aromatic rings. The van der Waals surface area contributed by atoms with Crippen molar-refractivity contribution in [2.45, 2.75) is 32.8 Å². The third kappa shape index (κ3) is 0.282. The molecule has 4 fully saturated rings. The van der Waals surface area contributed by atoms with E-state index in [4.69, 9.17) is 0 Å². The molecular weight excluding hydrogens is 124 g/mol. The van der Waals surface area contributed by atoms with Crippen LogP contribution in [-0.2, 0) is 0 Å². The summed E-state index contributed by atoms with van der Waals surface area (Å²) in [5, 5.41) is 9.68. The largest absolute Gasteiger partial charge is 0.393 e. The van der Waals surface area contributed by atoms with Crippen LogP contribution in [0.5, 0.6) is 0 Å². The molecule has 56 valence electrons. The Balaban J connectivity index is 2.14. The lowest BCUT2D eigenvalue weighted by atomic mass is 10.0. The summed E-state index contributed by atoms with van der Waals surface area (Å²) in [5.74, 6) is 1.34. The molecule has 0 saturated heterocycles. The lowest BCUT2D eigenvalue weighted by molar-refractivity contribution is 0.133. The lowest BCUT2D eigenvalue weighted by Crippen LogP contribution is -2.09. The Hall–Kier alpha value is -0.0400. The maximum absolute atomic E-state index is 9.68. The molecule has 10 heavy (non-hydrogen) atoms. The monoisotopic (exact) mass is 138 g/mol. The fourth-order valence-electron chi connectivity index (χ4n) is 4.15. The van der Waals surface area contributed by atoms with Gasteiger partial charge in [-0.2, -0.15) is 0 Å². The van der Waals surface area contributed by atoms with Crippen molar-refractivity contribution in [2.75, 3.05) is 0 Å².